The fourth-order valence-corrected chi connectivity index (χ4v) is 4.32. The zero-order chi connectivity index (χ0) is 20.1. The van der Waals surface area contributed by atoms with E-state index in [0.717, 1.165) is 19.3 Å². The Hall–Kier alpha value is -2.85. The largest absolute Gasteiger partial charge is 0.412 e. The van der Waals surface area contributed by atoms with Crippen molar-refractivity contribution in [1.29, 1.82) is 0 Å². The molecular formula is C25H28N2O2. The highest BCUT2D eigenvalue weighted by Crippen LogP contribution is 2.27. The van der Waals surface area contributed by atoms with Gasteiger partial charge in [0.1, 0.15) is 5.75 Å². The Morgan fingerprint density at radius 3 is 2.41 bits per heavy atom. The second kappa shape index (κ2) is 9.10. The van der Waals surface area contributed by atoms with Crippen molar-refractivity contribution in [2.45, 2.75) is 50.7 Å². The number of hydrogen-bond acceptors (Lipinski definition) is 3. The van der Waals surface area contributed by atoms with Crippen molar-refractivity contribution in [3.63, 3.8) is 0 Å². The lowest BCUT2D eigenvalue weighted by Gasteiger charge is -2.35. The lowest BCUT2D eigenvalue weighted by molar-refractivity contribution is 0.183. The van der Waals surface area contributed by atoms with Crippen molar-refractivity contribution in [2.24, 2.45) is 0 Å². The summed E-state index contributed by atoms with van der Waals surface area (Å²) < 4.78 is 5.43. The molecule has 1 fully saturated rings. The molecule has 0 bridgehead atoms. The van der Waals surface area contributed by atoms with Gasteiger partial charge in [-0.25, -0.2) is 4.79 Å². The van der Waals surface area contributed by atoms with Gasteiger partial charge in [0.25, 0.3) is 0 Å². The molecule has 3 aromatic rings. The highest BCUT2D eigenvalue weighted by molar-refractivity contribution is 5.86. The average Bonchev–Trinajstić information content (AvgIpc) is 2.75. The summed E-state index contributed by atoms with van der Waals surface area (Å²) >= 11 is 0. The average molecular weight is 389 g/mol. The molecule has 0 radical (unpaired) electrons. The number of carbonyl (C=O) groups excluding carboxylic acids is 1. The standard InChI is InChI=1S/C25H28N2O2/c1-18(21-15-9-11-19-10-5-6-14-22(19)21)26-23-16-7-8-17-24(23)27-25(28)29-20-12-3-2-4-13-20/h2-6,9-15,18,23-24,26H,7-8,16-17H2,1H3,(H,27,28)/t18?,23-,24-/m1/s1. The normalized spacial score (nSPS) is 20.2. The minimum atomic E-state index is -0.382. The molecular weight excluding hydrogens is 360 g/mol. The summed E-state index contributed by atoms with van der Waals surface area (Å²) in [5.41, 5.74) is 1.29. The highest BCUT2D eigenvalue weighted by Gasteiger charge is 2.28. The molecule has 1 aliphatic rings. The SMILES string of the molecule is CC(N[C@@H]1CCCC[C@H]1NC(=O)Oc1ccccc1)c1cccc2ccccc12. The summed E-state index contributed by atoms with van der Waals surface area (Å²) in [6, 6.07) is 24.6. The fourth-order valence-electron chi connectivity index (χ4n) is 4.32. The number of ether oxygens (including phenoxy) is 1. The van der Waals surface area contributed by atoms with E-state index < -0.39 is 0 Å². The summed E-state index contributed by atoms with van der Waals surface area (Å²) in [5.74, 6) is 0.564. The van der Waals surface area contributed by atoms with Crippen molar-refractivity contribution in [3.8, 4) is 5.75 Å². The third kappa shape index (κ3) is 4.77. The first-order valence-corrected chi connectivity index (χ1v) is 10.5. The second-order valence-corrected chi connectivity index (χ2v) is 7.80. The summed E-state index contributed by atoms with van der Waals surface area (Å²) in [7, 11) is 0. The van der Waals surface area contributed by atoms with Crippen LogP contribution in [0.25, 0.3) is 10.8 Å². The molecule has 4 nitrogen and oxygen atoms in total. The van der Waals surface area contributed by atoms with E-state index in [2.05, 4.69) is 60.0 Å². The van der Waals surface area contributed by atoms with Crippen LogP contribution >= 0.6 is 0 Å². The van der Waals surface area contributed by atoms with Crippen LogP contribution in [-0.4, -0.2) is 18.2 Å². The van der Waals surface area contributed by atoms with Crippen molar-refractivity contribution < 1.29 is 9.53 Å². The van der Waals surface area contributed by atoms with E-state index in [0.29, 0.717) is 5.75 Å². The van der Waals surface area contributed by atoms with Gasteiger partial charge >= 0.3 is 6.09 Å². The predicted octanol–water partition coefficient (Wildman–Crippen LogP) is 5.59. The van der Waals surface area contributed by atoms with Crippen molar-refractivity contribution in [2.75, 3.05) is 0 Å². The topological polar surface area (TPSA) is 50.4 Å². The predicted molar refractivity (Wildman–Crippen MR) is 117 cm³/mol. The van der Waals surface area contributed by atoms with E-state index in [-0.39, 0.29) is 24.2 Å². The van der Waals surface area contributed by atoms with Crippen LogP contribution in [0.15, 0.2) is 72.8 Å². The van der Waals surface area contributed by atoms with Crippen molar-refractivity contribution in [1.82, 2.24) is 10.6 Å². The Labute approximate surface area is 172 Å². The summed E-state index contributed by atoms with van der Waals surface area (Å²) in [4.78, 5) is 12.4. The lowest BCUT2D eigenvalue weighted by Crippen LogP contribution is -2.52. The number of benzene rings is 3. The van der Waals surface area contributed by atoms with Crippen LogP contribution in [-0.2, 0) is 0 Å². The zero-order valence-electron chi connectivity index (χ0n) is 16.8. The van der Waals surface area contributed by atoms with Gasteiger partial charge in [-0.2, -0.15) is 0 Å². The molecule has 0 spiro atoms. The molecule has 150 valence electrons. The van der Waals surface area contributed by atoms with E-state index in [4.69, 9.17) is 4.74 Å². The van der Waals surface area contributed by atoms with Crippen LogP contribution in [0.5, 0.6) is 5.75 Å². The van der Waals surface area contributed by atoms with Crippen molar-refractivity contribution in [3.05, 3.63) is 78.4 Å². The van der Waals surface area contributed by atoms with E-state index in [1.165, 1.54) is 22.8 Å². The first kappa shape index (κ1) is 19.5. The molecule has 1 saturated carbocycles. The van der Waals surface area contributed by atoms with Gasteiger partial charge in [-0.3, -0.25) is 0 Å². The second-order valence-electron chi connectivity index (χ2n) is 7.80. The van der Waals surface area contributed by atoms with Gasteiger partial charge in [0.05, 0.1) is 0 Å². The maximum Gasteiger partial charge on any atom is 0.412 e. The highest BCUT2D eigenvalue weighted by atomic mass is 16.6. The van der Waals surface area contributed by atoms with Crippen LogP contribution in [0.1, 0.15) is 44.2 Å². The molecule has 1 aliphatic carbocycles. The molecule has 0 heterocycles. The first-order valence-electron chi connectivity index (χ1n) is 10.5. The number of amides is 1. The number of fused-ring (bicyclic) bond motifs is 1. The smallest absolute Gasteiger partial charge is 0.410 e. The molecule has 2 N–H and O–H groups in total. The first-order chi connectivity index (χ1) is 14.2. The minimum absolute atomic E-state index is 0.0670. The van der Waals surface area contributed by atoms with Gasteiger partial charge in [0.15, 0.2) is 0 Å². The van der Waals surface area contributed by atoms with Gasteiger partial charge in [-0.1, -0.05) is 73.5 Å². The van der Waals surface area contributed by atoms with Gasteiger partial charge < -0.3 is 15.4 Å². The van der Waals surface area contributed by atoms with Gasteiger partial charge in [-0.05, 0) is 48.2 Å². The molecule has 0 aromatic heterocycles. The van der Waals surface area contributed by atoms with Crippen LogP contribution in [0.3, 0.4) is 0 Å². The summed E-state index contributed by atoms with van der Waals surface area (Å²) in [5, 5.41) is 9.39. The quantitative estimate of drug-likeness (QED) is 0.599. The molecule has 4 heteroatoms. The van der Waals surface area contributed by atoms with Crippen molar-refractivity contribution >= 4 is 16.9 Å². The maximum absolute atomic E-state index is 12.4. The molecule has 29 heavy (non-hydrogen) atoms. The Kier molecular flexibility index (Phi) is 6.11. The molecule has 1 unspecified atom stereocenters. The molecule has 0 saturated heterocycles. The lowest BCUT2D eigenvalue weighted by atomic mass is 9.89. The third-order valence-electron chi connectivity index (χ3n) is 5.78. The number of nitrogens with one attached hydrogen (secondary N) is 2. The van der Waals surface area contributed by atoms with Crippen LogP contribution in [0, 0.1) is 0 Å². The van der Waals surface area contributed by atoms with Gasteiger partial charge in [0.2, 0.25) is 0 Å². The maximum atomic E-state index is 12.4. The number of rotatable bonds is 5. The molecule has 0 aliphatic heterocycles. The molecule has 3 aromatic carbocycles. The summed E-state index contributed by atoms with van der Waals surface area (Å²) in [6.45, 7) is 2.20. The number of carbonyl (C=O) groups is 1. The van der Waals surface area contributed by atoms with Crippen LogP contribution < -0.4 is 15.4 Å². The van der Waals surface area contributed by atoms with Crippen LogP contribution in [0.2, 0.25) is 0 Å². The van der Waals surface area contributed by atoms with E-state index >= 15 is 0 Å². The Morgan fingerprint density at radius 1 is 0.897 bits per heavy atom. The molecule has 1 amide bonds. The molecule has 3 atom stereocenters. The van der Waals surface area contributed by atoms with Gasteiger partial charge in [0, 0.05) is 18.1 Å². The Morgan fingerprint density at radius 2 is 1.59 bits per heavy atom. The minimum Gasteiger partial charge on any atom is -0.410 e. The molecule has 4 rings (SSSR count). The Bertz CT molecular complexity index is 952. The number of para-hydroxylation sites is 1. The zero-order valence-corrected chi connectivity index (χ0v) is 16.8. The Balaban J connectivity index is 1.44. The number of hydrogen-bond donors (Lipinski definition) is 2. The van der Waals surface area contributed by atoms with E-state index in [1.807, 2.05) is 18.2 Å². The van der Waals surface area contributed by atoms with Crippen LogP contribution in [0.4, 0.5) is 4.79 Å². The summed E-state index contributed by atoms with van der Waals surface area (Å²) in [6.07, 6.45) is 3.92. The van der Waals surface area contributed by atoms with E-state index in [9.17, 15) is 4.79 Å². The van der Waals surface area contributed by atoms with Gasteiger partial charge in [-0.15, -0.1) is 0 Å². The van der Waals surface area contributed by atoms with E-state index in [1.54, 1.807) is 12.1 Å². The monoisotopic (exact) mass is 388 g/mol. The third-order valence-corrected chi connectivity index (χ3v) is 5.78. The fraction of sp³-hybridized carbons (Fsp3) is 0.320.